The Balaban J connectivity index is 1.41. The average Bonchev–Trinajstić information content (AvgIpc) is 3.37. The number of fused-ring (bicyclic) bond motifs is 1. The molecule has 2 nitrogen and oxygen atoms in total. The van der Waals surface area contributed by atoms with Crippen LogP contribution in [0, 0.1) is 23.2 Å². The number of aliphatic hydroxyl groups is 2. The Morgan fingerprint density at radius 2 is 1.71 bits per heavy atom. The average molecular weight is 425 g/mol. The second-order valence-corrected chi connectivity index (χ2v) is 11.3. The largest absolute Gasteiger partial charge is 0.388 e. The van der Waals surface area contributed by atoms with E-state index >= 15 is 0 Å². The number of rotatable bonds is 5. The number of hydrogen-bond donors (Lipinski definition) is 2. The third-order valence-electron chi connectivity index (χ3n) is 9.33. The first kappa shape index (κ1) is 23.1. The fourth-order valence-corrected chi connectivity index (χ4v) is 7.42. The Labute approximate surface area is 190 Å². The van der Waals surface area contributed by atoms with Crippen LogP contribution in [-0.4, -0.2) is 22.4 Å². The summed E-state index contributed by atoms with van der Waals surface area (Å²) in [5, 5.41) is 20.3. The molecule has 0 saturated heterocycles. The van der Waals surface area contributed by atoms with Crippen molar-refractivity contribution in [1.82, 2.24) is 0 Å². The van der Waals surface area contributed by atoms with Gasteiger partial charge in [0.15, 0.2) is 0 Å². The minimum absolute atomic E-state index is 0.447. The van der Waals surface area contributed by atoms with E-state index in [-0.39, 0.29) is 0 Å². The summed E-state index contributed by atoms with van der Waals surface area (Å²) in [6.45, 7) is 8.94. The van der Waals surface area contributed by atoms with E-state index in [2.05, 4.69) is 38.7 Å². The van der Waals surface area contributed by atoms with Gasteiger partial charge in [0.25, 0.3) is 0 Å². The fourth-order valence-electron chi connectivity index (χ4n) is 7.42. The number of hydrogen-bond acceptors (Lipinski definition) is 2. The van der Waals surface area contributed by atoms with Crippen molar-refractivity contribution < 1.29 is 10.2 Å². The van der Waals surface area contributed by atoms with Gasteiger partial charge in [-0.15, -0.1) is 0 Å². The zero-order valence-corrected chi connectivity index (χ0v) is 19.9. The van der Waals surface area contributed by atoms with Crippen LogP contribution >= 0.6 is 0 Å². The van der Waals surface area contributed by atoms with Crippen LogP contribution in [0.3, 0.4) is 0 Å². The van der Waals surface area contributed by atoms with Crippen LogP contribution in [0.4, 0.5) is 0 Å². The minimum atomic E-state index is -0.596. The van der Waals surface area contributed by atoms with Crippen LogP contribution in [0.2, 0.25) is 0 Å². The van der Waals surface area contributed by atoms with Gasteiger partial charge in [0, 0.05) is 0 Å². The quantitative estimate of drug-likeness (QED) is 0.464. The van der Waals surface area contributed by atoms with Crippen molar-refractivity contribution >= 4 is 0 Å². The van der Waals surface area contributed by atoms with Crippen molar-refractivity contribution in [3.63, 3.8) is 0 Å². The molecule has 4 aliphatic rings. The summed E-state index contributed by atoms with van der Waals surface area (Å²) in [4.78, 5) is 0. The molecule has 2 unspecified atom stereocenters. The number of aliphatic hydroxyl groups excluding tert-OH is 2. The van der Waals surface area contributed by atoms with Gasteiger partial charge in [-0.05, 0) is 112 Å². The summed E-state index contributed by atoms with van der Waals surface area (Å²) < 4.78 is 0. The second kappa shape index (κ2) is 9.79. The van der Waals surface area contributed by atoms with Gasteiger partial charge in [-0.2, -0.15) is 0 Å². The summed E-state index contributed by atoms with van der Waals surface area (Å²) in [5.41, 5.74) is 5.53. The van der Waals surface area contributed by atoms with Crippen molar-refractivity contribution in [3.8, 4) is 0 Å². The molecule has 0 heterocycles. The van der Waals surface area contributed by atoms with E-state index in [1.165, 1.54) is 70.6 Å². The van der Waals surface area contributed by atoms with Gasteiger partial charge < -0.3 is 10.2 Å². The van der Waals surface area contributed by atoms with Gasteiger partial charge in [-0.3, -0.25) is 0 Å². The minimum Gasteiger partial charge on any atom is -0.388 e. The molecule has 172 valence electrons. The molecule has 2 heteroatoms. The van der Waals surface area contributed by atoms with Crippen LogP contribution < -0.4 is 0 Å². The molecule has 0 aromatic heterocycles. The van der Waals surface area contributed by atoms with Gasteiger partial charge in [-0.25, -0.2) is 0 Å². The van der Waals surface area contributed by atoms with Gasteiger partial charge in [0.1, 0.15) is 0 Å². The van der Waals surface area contributed by atoms with E-state index in [0.29, 0.717) is 29.7 Å². The van der Waals surface area contributed by atoms with Crippen LogP contribution in [-0.2, 0) is 0 Å². The zero-order valence-electron chi connectivity index (χ0n) is 19.9. The SMILES string of the molecule is C=C1[C@H](O)CC(=C/C=C2\CCC[C@@]3(C)C2CCC3[C@@H](C)CCC=C2CCCC2)C[C@H]1O. The molecule has 0 aromatic carbocycles. The molecule has 4 fully saturated rings. The molecule has 0 aliphatic heterocycles. The van der Waals surface area contributed by atoms with Crippen LogP contribution in [0.25, 0.3) is 0 Å². The Bertz CT molecular complexity index is 733. The molecular weight excluding hydrogens is 380 g/mol. The third-order valence-corrected chi connectivity index (χ3v) is 9.33. The van der Waals surface area contributed by atoms with Crippen molar-refractivity contribution in [2.75, 3.05) is 0 Å². The van der Waals surface area contributed by atoms with Gasteiger partial charge in [0.05, 0.1) is 12.2 Å². The summed E-state index contributed by atoms with van der Waals surface area (Å²) in [5.74, 6) is 2.37. The highest BCUT2D eigenvalue weighted by Gasteiger charge is 2.50. The lowest BCUT2D eigenvalue weighted by atomic mass is 9.60. The first-order valence-corrected chi connectivity index (χ1v) is 13.0. The molecule has 6 atom stereocenters. The predicted octanol–water partition coefficient (Wildman–Crippen LogP) is 7.04. The van der Waals surface area contributed by atoms with E-state index in [9.17, 15) is 10.2 Å². The van der Waals surface area contributed by atoms with Crippen LogP contribution in [0.15, 0.2) is 47.1 Å². The van der Waals surface area contributed by atoms with E-state index in [1.807, 2.05) is 0 Å². The van der Waals surface area contributed by atoms with Crippen LogP contribution in [0.5, 0.6) is 0 Å². The molecule has 2 N–H and O–H groups in total. The fraction of sp³-hybridized carbons (Fsp3) is 0.724. The third kappa shape index (κ3) is 4.96. The first-order valence-electron chi connectivity index (χ1n) is 13.0. The molecule has 31 heavy (non-hydrogen) atoms. The molecule has 0 radical (unpaired) electrons. The standard InChI is InChI=1S/C29H44O2/c1-20(8-6-11-22-9-4-5-10-22)25-15-16-26-24(12-7-17-29(25,26)3)14-13-23-18-27(30)21(2)28(31)19-23/h11,13-14,20,25-28,30-31H,2,4-10,12,15-19H2,1,3H3/b24-14+/t20-,25?,26?,27+,28+,29+/m0/s1. The molecule has 4 aliphatic carbocycles. The molecule has 4 rings (SSSR count). The highest BCUT2D eigenvalue weighted by Crippen LogP contribution is 2.59. The zero-order chi connectivity index (χ0) is 22.0. The monoisotopic (exact) mass is 424 g/mol. The van der Waals surface area contributed by atoms with Crippen molar-refractivity contribution in [3.05, 3.63) is 47.1 Å². The van der Waals surface area contributed by atoms with Crippen molar-refractivity contribution in [2.24, 2.45) is 23.2 Å². The van der Waals surface area contributed by atoms with Gasteiger partial charge in [-0.1, -0.05) is 55.4 Å². The van der Waals surface area contributed by atoms with E-state index in [4.69, 9.17) is 0 Å². The Morgan fingerprint density at radius 3 is 2.42 bits per heavy atom. The summed E-state index contributed by atoms with van der Waals surface area (Å²) >= 11 is 0. The lowest BCUT2D eigenvalue weighted by molar-refractivity contribution is 0.0946. The summed E-state index contributed by atoms with van der Waals surface area (Å²) in [6.07, 6.45) is 21.9. The maximum atomic E-state index is 10.2. The first-order chi connectivity index (χ1) is 14.9. The Morgan fingerprint density at radius 1 is 1.00 bits per heavy atom. The van der Waals surface area contributed by atoms with E-state index in [0.717, 1.165) is 17.4 Å². The Kier molecular flexibility index (Phi) is 7.28. The number of allylic oxidation sites excluding steroid dienone is 5. The normalized spacial score (nSPS) is 38.5. The maximum absolute atomic E-state index is 10.2. The molecule has 4 saturated carbocycles. The molecule has 0 bridgehead atoms. The van der Waals surface area contributed by atoms with Crippen LogP contribution in [0.1, 0.15) is 97.3 Å². The lowest BCUT2D eigenvalue weighted by Crippen LogP contribution is -2.36. The van der Waals surface area contributed by atoms with E-state index < -0.39 is 12.2 Å². The summed E-state index contributed by atoms with van der Waals surface area (Å²) in [7, 11) is 0. The highest BCUT2D eigenvalue weighted by molar-refractivity contribution is 5.29. The summed E-state index contributed by atoms with van der Waals surface area (Å²) in [6, 6.07) is 0. The van der Waals surface area contributed by atoms with Gasteiger partial charge >= 0.3 is 0 Å². The predicted molar refractivity (Wildman–Crippen MR) is 130 cm³/mol. The smallest absolute Gasteiger partial charge is 0.0809 e. The second-order valence-electron chi connectivity index (χ2n) is 11.3. The molecular formula is C29H44O2. The van der Waals surface area contributed by atoms with E-state index in [1.54, 1.807) is 11.1 Å². The van der Waals surface area contributed by atoms with Gasteiger partial charge in [0.2, 0.25) is 0 Å². The molecule has 0 aromatic rings. The van der Waals surface area contributed by atoms with Crippen molar-refractivity contribution in [1.29, 1.82) is 0 Å². The highest BCUT2D eigenvalue weighted by atomic mass is 16.3. The maximum Gasteiger partial charge on any atom is 0.0809 e. The topological polar surface area (TPSA) is 40.5 Å². The lowest BCUT2D eigenvalue weighted by Gasteiger charge is -2.44. The molecule has 0 amide bonds. The van der Waals surface area contributed by atoms with Crippen molar-refractivity contribution in [2.45, 2.75) is 110 Å². The molecule has 0 spiro atoms. The Hall–Kier alpha value is -1.12.